The molecular weight excluding hydrogens is 240 g/mol. The molecule has 0 spiro atoms. The molecule has 0 aliphatic heterocycles. The van der Waals surface area contributed by atoms with Crippen LogP contribution >= 0.6 is 11.3 Å². The number of hydrogen-bond acceptors (Lipinski definition) is 2. The molecule has 0 bridgehead atoms. The number of rotatable bonds is 6. The molecular formula is C16H20OS. The van der Waals surface area contributed by atoms with Gasteiger partial charge in [-0.15, -0.1) is 0 Å². The highest BCUT2D eigenvalue weighted by atomic mass is 32.1. The number of thiophene rings is 1. The molecule has 0 saturated heterocycles. The summed E-state index contributed by atoms with van der Waals surface area (Å²) < 4.78 is 0. The van der Waals surface area contributed by atoms with Crippen LogP contribution in [-0.4, -0.2) is 11.7 Å². The molecule has 0 fully saturated rings. The Balaban J connectivity index is 2.16. The zero-order valence-corrected chi connectivity index (χ0v) is 11.6. The van der Waals surface area contributed by atoms with E-state index < -0.39 is 0 Å². The summed E-state index contributed by atoms with van der Waals surface area (Å²) in [6.07, 6.45) is 3.01. The first-order chi connectivity index (χ1) is 8.80. The topological polar surface area (TPSA) is 20.2 Å². The zero-order chi connectivity index (χ0) is 12.8. The summed E-state index contributed by atoms with van der Waals surface area (Å²) in [5, 5.41) is 14.2. The number of aliphatic hydroxyl groups is 1. The summed E-state index contributed by atoms with van der Waals surface area (Å²) in [5.41, 5.74) is 2.54. The van der Waals surface area contributed by atoms with Gasteiger partial charge in [0.1, 0.15) is 0 Å². The third-order valence-electron chi connectivity index (χ3n) is 3.84. The van der Waals surface area contributed by atoms with Gasteiger partial charge < -0.3 is 5.11 Å². The Morgan fingerprint density at radius 2 is 1.94 bits per heavy atom. The maximum Gasteiger partial charge on any atom is 0.0527 e. The minimum atomic E-state index is -0.0941. The smallest absolute Gasteiger partial charge is 0.0527 e. The highest BCUT2D eigenvalue weighted by molar-refractivity contribution is 7.07. The molecule has 1 atom stereocenters. The number of aryl methyl sites for hydroxylation is 1. The summed E-state index contributed by atoms with van der Waals surface area (Å²) in [5.74, 6) is 0. The summed E-state index contributed by atoms with van der Waals surface area (Å²) in [7, 11) is 0. The first-order valence-electron chi connectivity index (χ1n) is 6.48. The van der Waals surface area contributed by atoms with Crippen molar-refractivity contribution in [3.05, 3.63) is 58.3 Å². The minimum Gasteiger partial charge on any atom is -0.395 e. The molecule has 0 aliphatic carbocycles. The first-order valence-corrected chi connectivity index (χ1v) is 7.42. The largest absolute Gasteiger partial charge is 0.395 e. The molecule has 1 aromatic carbocycles. The van der Waals surface area contributed by atoms with Crippen LogP contribution in [-0.2, 0) is 11.8 Å². The van der Waals surface area contributed by atoms with Crippen molar-refractivity contribution in [2.45, 2.75) is 31.6 Å². The van der Waals surface area contributed by atoms with Crippen LogP contribution in [0.4, 0.5) is 0 Å². The van der Waals surface area contributed by atoms with E-state index in [9.17, 15) is 5.11 Å². The van der Waals surface area contributed by atoms with Crippen LogP contribution in [0, 0.1) is 0 Å². The maximum atomic E-state index is 9.86. The monoisotopic (exact) mass is 260 g/mol. The molecule has 96 valence electrons. The van der Waals surface area contributed by atoms with Gasteiger partial charge >= 0.3 is 0 Å². The van der Waals surface area contributed by atoms with Crippen LogP contribution in [0.1, 0.15) is 30.9 Å². The molecule has 0 radical (unpaired) electrons. The van der Waals surface area contributed by atoms with Gasteiger partial charge in [0.2, 0.25) is 0 Å². The van der Waals surface area contributed by atoms with Crippen molar-refractivity contribution in [3.63, 3.8) is 0 Å². The lowest BCUT2D eigenvalue weighted by Crippen LogP contribution is -2.30. The molecule has 0 amide bonds. The molecule has 0 aliphatic rings. The summed E-state index contributed by atoms with van der Waals surface area (Å²) >= 11 is 1.74. The lowest BCUT2D eigenvalue weighted by Gasteiger charge is -2.31. The number of aliphatic hydroxyl groups excluding tert-OH is 1. The molecule has 18 heavy (non-hydrogen) atoms. The molecule has 1 aromatic heterocycles. The van der Waals surface area contributed by atoms with E-state index in [0.717, 1.165) is 19.3 Å². The highest BCUT2D eigenvalue weighted by Gasteiger charge is 2.29. The van der Waals surface area contributed by atoms with Gasteiger partial charge in [-0.05, 0) is 47.2 Å². The normalized spacial score (nSPS) is 14.3. The molecule has 2 aromatic rings. The van der Waals surface area contributed by atoms with Gasteiger partial charge in [0.05, 0.1) is 6.61 Å². The van der Waals surface area contributed by atoms with E-state index in [1.807, 2.05) is 6.07 Å². The van der Waals surface area contributed by atoms with Gasteiger partial charge in [0, 0.05) is 5.41 Å². The summed E-state index contributed by atoms with van der Waals surface area (Å²) in [4.78, 5) is 0. The van der Waals surface area contributed by atoms with E-state index in [2.05, 4.69) is 48.0 Å². The summed E-state index contributed by atoms with van der Waals surface area (Å²) in [6.45, 7) is 2.38. The van der Waals surface area contributed by atoms with E-state index >= 15 is 0 Å². The van der Waals surface area contributed by atoms with E-state index in [1.165, 1.54) is 11.1 Å². The Bertz CT molecular complexity index is 443. The Morgan fingerprint density at radius 3 is 2.50 bits per heavy atom. The predicted molar refractivity (Wildman–Crippen MR) is 78.1 cm³/mol. The van der Waals surface area contributed by atoms with Crippen molar-refractivity contribution in [2.75, 3.05) is 6.61 Å². The predicted octanol–water partition coefficient (Wildman–Crippen LogP) is 4.02. The van der Waals surface area contributed by atoms with Crippen molar-refractivity contribution in [2.24, 2.45) is 0 Å². The molecule has 1 N–H and O–H groups in total. The second kappa shape index (κ2) is 6.17. The van der Waals surface area contributed by atoms with Gasteiger partial charge in [-0.1, -0.05) is 37.3 Å². The van der Waals surface area contributed by atoms with Crippen LogP contribution in [0.5, 0.6) is 0 Å². The van der Waals surface area contributed by atoms with Crippen LogP contribution in [0.25, 0.3) is 0 Å². The lowest BCUT2D eigenvalue weighted by atomic mass is 9.75. The Labute approximate surface area is 113 Å². The minimum absolute atomic E-state index is 0.0941. The van der Waals surface area contributed by atoms with Crippen LogP contribution in [0.2, 0.25) is 0 Å². The fourth-order valence-electron chi connectivity index (χ4n) is 2.42. The van der Waals surface area contributed by atoms with E-state index in [4.69, 9.17) is 0 Å². The zero-order valence-electron chi connectivity index (χ0n) is 10.8. The molecule has 1 heterocycles. The van der Waals surface area contributed by atoms with Gasteiger partial charge in [-0.2, -0.15) is 11.3 Å². The van der Waals surface area contributed by atoms with Crippen molar-refractivity contribution in [3.8, 4) is 0 Å². The molecule has 0 saturated carbocycles. The fourth-order valence-corrected chi connectivity index (χ4v) is 3.12. The van der Waals surface area contributed by atoms with E-state index in [1.54, 1.807) is 11.3 Å². The van der Waals surface area contributed by atoms with Gasteiger partial charge in [0.15, 0.2) is 0 Å². The molecule has 2 heteroatoms. The number of benzene rings is 1. The van der Waals surface area contributed by atoms with Crippen LogP contribution in [0.15, 0.2) is 47.2 Å². The molecule has 1 nitrogen and oxygen atoms in total. The quantitative estimate of drug-likeness (QED) is 0.831. The third kappa shape index (κ3) is 2.82. The highest BCUT2D eigenvalue weighted by Crippen LogP contribution is 2.32. The van der Waals surface area contributed by atoms with E-state index in [0.29, 0.717) is 0 Å². The average Bonchev–Trinajstić information content (AvgIpc) is 2.95. The van der Waals surface area contributed by atoms with Crippen molar-refractivity contribution >= 4 is 11.3 Å². The van der Waals surface area contributed by atoms with E-state index in [-0.39, 0.29) is 12.0 Å². The standard InChI is InChI=1S/C16H20OS/c1-2-16(13-17,15-6-4-3-5-7-15)10-8-14-9-11-18-12-14/h3-7,9,11-12,17H,2,8,10,13H2,1H3. The SMILES string of the molecule is CCC(CO)(CCc1ccsc1)c1ccccc1. The Kier molecular flexibility index (Phi) is 4.56. The van der Waals surface area contributed by atoms with Crippen molar-refractivity contribution < 1.29 is 5.11 Å². The van der Waals surface area contributed by atoms with Crippen molar-refractivity contribution in [1.29, 1.82) is 0 Å². The molecule has 2 rings (SSSR count). The average molecular weight is 260 g/mol. The fraction of sp³-hybridized carbons (Fsp3) is 0.375. The molecule has 1 unspecified atom stereocenters. The maximum absolute atomic E-state index is 9.86. The Morgan fingerprint density at radius 1 is 1.17 bits per heavy atom. The Hall–Kier alpha value is -1.12. The third-order valence-corrected chi connectivity index (χ3v) is 4.57. The first kappa shape index (κ1) is 13.3. The lowest BCUT2D eigenvalue weighted by molar-refractivity contribution is 0.178. The van der Waals surface area contributed by atoms with Crippen LogP contribution in [0.3, 0.4) is 0 Å². The van der Waals surface area contributed by atoms with Gasteiger partial charge in [-0.3, -0.25) is 0 Å². The van der Waals surface area contributed by atoms with Crippen molar-refractivity contribution in [1.82, 2.24) is 0 Å². The van der Waals surface area contributed by atoms with Crippen LogP contribution < -0.4 is 0 Å². The summed E-state index contributed by atoms with van der Waals surface area (Å²) in [6, 6.07) is 12.6. The second-order valence-corrected chi connectivity index (χ2v) is 5.57. The number of hydrogen-bond donors (Lipinski definition) is 1. The van der Waals surface area contributed by atoms with Gasteiger partial charge in [0.25, 0.3) is 0 Å². The van der Waals surface area contributed by atoms with Gasteiger partial charge in [-0.25, -0.2) is 0 Å². The second-order valence-electron chi connectivity index (χ2n) is 4.79.